The molecular weight excluding hydrogens is 499 g/mol. The Balaban J connectivity index is 1.66. The van der Waals surface area contributed by atoms with Crippen molar-refractivity contribution in [1.29, 1.82) is 0 Å². The first-order valence-electron chi connectivity index (χ1n) is 8.28. The molecule has 5 nitrogen and oxygen atoms in total. The number of carbonyl (C=O) groups excluding carboxylic acids is 3. The molecular formula is C19H15Br2ClN2O3. The summed E-state index contributed by atoms with van der Waals surface area (Å²) in [5.74, 6) is -1.90. The number of Topliss-reactive ketones (excluding diaryl/α,β-unsaturated/α-hetero) is 2. The molecule has 2 unspecified atom stereocenters. The number of hydrogen-bond donors (Lipinski definition) is 1. The van der Waals surface area contributed by atoms with E-state index in [1.54, 1.807) is 36.5 Å². The zero-order chi connectivity index (χ0) is 19.6. The Morgan fingerprint density at radius 3 is 2.70 bits per heavy atom. The number of benzene rings is 1. The summed E-state index contributed by atoms with van der Waals surface area (Å²) in [4.78, 5) is 41.3. The number of nitrogens with one attached hydrogen (secondary N) is 1. The summed E-state index contributed by atoms with van der Waals surface area (Å²) < 4.78 is 1.38. The Morgan fingerprint density at radius 1 is 1.26 bits per heavy atom. The molecule has 1 amide bonds. The van der Waals surface area contributed by atoms with Crippen molar-refractivity contribution in [3.8, 4) is 0 Å². The average molecular weight is 515 g/mol. The van der Waals surface area contributed by atoms with Crippen LogP contribution in [-0.2, 0) is 9.59 Å². The highest BCUT2D eigenvalue weighted by molar-refractivity contribution is 9.11. The summed E-state index contributed by atoms with van der Waals surface area (Å²) >= 11 is 13.0. The van der Waals surface area contributed by atoms with Gasteiger partial charge in [-0.2, -0.15) is 0 Å². The van der Waals surface area contributed by atoms with E-state index < -0.39 is 11.8 Å². The molecule has 0 radical (unpaired) electrons. The average Bonchev–Trinajstić information content (AvgIpc) is 2.89. The van der Waals surface area contributed by atoms with Gasteiger partial charge < -0.3 is 5.32 Å². The van der Waals surface area contributed by atoms with Gasteiger partial charge in [0.15, 0.2) is 5.78 Å². The van der Waals surface area contributed by atoms with E-state index in [-0.39, 0.29) is 23.9 Å². The third-order valence-electron chi connectivity index (χ3n) is 4.46. The van der Waals surface area contributed by atoms with Crippen molar-refractivity contribution < 1.29 is 14.4 Å². The molecule has 8 heteroatoms. The molecule has 0 spiro atoms. The molecule has 1 N–H and O–H groups in total. The maximum atomic E-state index is 12.8. The maximum Gasteiger partial charge on any atom is 0.269 e. The number of rotatable bonds is 5. The van der Waals surface area contributed by atoms with Crippen molar-refractivity contribution >= 4 is 60.9 Å². The van der Waals surface area contributed by atoms with Gasteiger partial charge >= 0.3 is 0 Å². The van der Waals surface area contributed by atoms with Crippen LogP contribution in [0.2, 0.25) is 5.02 Å². The van der Waals surface area contributed by atoms with E-state index in [2.05, 4.69) is 42.2 Å². The summed E-state index contributed by atoms with van der Waals surface area (Å²) in [6.07, 6.45) is 2.09. The van der Waals surface area contributed by atoms with E-state index in [4.69, 9.17) is 11.6 Å². The van der Waals surface area contributed by atoms with E-state index in [9.17, 15) is 14.4 Å². The number of nitrogens with zero attached hydrogens (tertiary/aromatic N) is 1. The molecule has 27 heavy (non-hydrogen) atoms. The van der Waals surface area contributed by atoms with Gasteiger partial charge in [0.1, 0.15) is 17.4 Å². The highest BCUT2D eigenvalue weighted by Gasteiger charge is 2.43. The van der Waals surface area contributed by atoms with Gasteiger partial charge in [0.25, 0.3) is 5.91 Å². The van der Waals surface area contributed by atoms with Crippen molar-refractivity contribution in [2.75, 3.05) is 6.54 Å². The van der Waals surface area contributed by atoms with Crippen LogP contribution in [0, 0.1) is 5.92 Å². The molecule has 1 aromatic heterocycles. The van der Waals surface area contributed by atoms with Crippen LogP contribution in [0.4, 0.5) is 0 Å². The lowest BCUT2D eigenvalue weighted by molar-refractivity contribution is -0.124. The molecule has 3 rings (SSSR count). The van der Waals surface area contributed by atoms with E-state index in [1.165, 1.54) is 0 Å². The minimum absolute atomic E-state index is 0.147. The summed E-state index contributed by atoms with van der Waals surface area (Å²) in [7, 11) is 0. The van der Waals surface area contributed by atoms with Crippen LogP contribution >= 0.6 is 43.5 Å². The minimum atomic E-state index is -0.864. The molecule has 140 valence electrons. The molecule has 2 aromatic rings. The van der Waals surface area contributed by atoms with Gasteiger partial charge in [0.05, 0.1) is 0 Å². The predicted molar refractivity (Wildman–Crippen MR) is 109 cm³/mol. The van der Waals surface area contributed by atoms with Crippen LogP contribution in [0.1, 0.15) is 34.8 Å². The first-order chi connectivity index (χ1) is 12.9. The highest BCUT2D eigenvalue weighted by atomic mass is 79.9. The summed E-state index contributed by atoms with van der Waals surface area (Å²) in [5.41, 5.74) is 0.824. The van der Waals surface area contributed by atoms with Crippen molar-refractivity contribution in [2.24, 2.45) is 5.92 Å². The number of pyridine rings is 1. The number of amides is 1. The fourth-order valence-electron chi connectivity index (χ4n) is 3.18. The second kappa shape index (κ2) is 8.63. The highest BCUT2D eigenvalue weighted by Crippen LogP contribution is 2.41. The van der Waals surface area contributed by atoms with Crippen LogP contribution in [0.3, 0.4) is 0 Å². The lowest BCUT2D eigenvalue weighted by Gasteiger charge is -2.14. The standard InChI is InChI=1S/C19H15Br2ClN2O3/c20-11-8-12(21)16(13(22)9-11)17-15(25)7-10(18(17)26)4-6-24-19(27)14-3-1-2-5-23-14/h1-3,5,8-10,17H,4,6-7H2,(H,24,27). The summed E-state index contributed by atoms with van der Waals surface area (Å²) in [5, 5.41) is 3.11. The van der Waals surface area contributed by atoms with Crippen molar-refractivity contribution in [3.05, 3.63) is 61.8 Å². The van der Waals surface area contributed by atoms with E-state index in [0.717, 1.165) is 4.47 Å². The summed E-state index contributed by atoms with van der Waals surface area (Å²) in [6.45, 7) is 0.293. The molecule has 0 bridgehead atoms. The molecule has 1 aliphatic rings. The SMILES string of the molecule is O=C(NCCC1CC(=O)C(c2c(Cl)cc(Br)cc2Br)C1=O)c1ccccn1. The Hall–Kier alpha value is -1.57. The smallest absolute Gasteiger partial charge is 0.269 e. The van der Waals surface area contributed by atoms with Gasteiger partial charge in [-0.15, -0.1) is 0 Å². The normalized spacial score (nSPS) is 19.4. The van der Waals surface area contributed by atoms with Crippen LogP contribution in [0.15, 0.2) is 45.5 Å². The number of aromatic nitrogens is 1. The minimum Gasteiger partial charge on any atom is -0.351 e. The molecule has 1 aliphatic carbocycles. The molecule has 0 saturated heterocycles. The zero-order valence-electron chi connectivity index (χ0n) is 14.0. The fraction of sp³-hybridized carbons (Fsp3) is 0.263. The van der Waals surface area contributed by atoms with Crippen LogP contribution in [0.25, 0.3) is 0 Å². The number of halogens is 3. The summed E-state index contributed by atoms with van der Waals surface area (Å²) in [6, 6.07) is 8.50. The number of hydrogen-bond acceptors (Lipinski definition) is 4. The van der Waals surface area contributed by atoms with E-state index in [1.807, 2.05) is 0 Å². The Bertz CT molecular complexity index is 882. The topological polar surface area (TPSA) is 76.1 Å². The third-order valence-corrected chi connectivity index (χ3v) is 5.89. The fourth-order valence-corrected chi connectivity index (χ4v) is 5.21. The monoisotopic (exact) mass is 512 g/mol. The Kier molecular flexibility index (Phi) is 6.44. The van der Waals surface area contributed by atoms with Crippen LogP contribution in [0.5, 0.6) is 0 Å². The third kappa shape index (κ3) is 4.47. The van der Waals surface area contributed by atoms with Gasteiger partial charge in [-0.3, -0.25) is 19.4 Å². The molecule has 2 atom stereocenters. The quantitative estimate of drug-likeness (QED) is 0.603. The molecule has 1 fully saturated rings. The molecule has 1 heterocycles. The van der Waals surface area contributed by atoms with Crippen molar-refractivity contribution in [1.82, 2.24) is 10.3 Å². The lowest BCUT2D eigenvalue weighted by Crippen LogP contribution is -2.27. The zero-order valence-corrected chi connectivity index (χ0v) is 18.0. The second-order valence-electron chi connectivity index (χ2n) is 6.25. The van der Waals surface area contributed by atoms with E-state index in [0.29, 0.717) is 33.7 Å². The lowest BCUT2D eigenvalue weighted by atomic mass is 9.93. The first kappa shape index (κ1) is 20.2. The van der Waals surface area contributed by atoms with Gasteiger partial charge in [-0.25, -0.2) is 0 Å². The van der Waals surface area contributed by atoms with E-state index >= 15 is 0 Å². The second-order valence-corrected chi connectivity index (χ2v) is 8.42. The molecule has 1 saturated carbocycles. The number of ketones is 2. The molecule has 1 aromatic carbocycles. The van der Waals surface area contributed by atoms with Crippen molar-refractivity contribution in [3.63, 3.8) is 0 Å². The van der Waals surface area contributed by atoms with Gasteiger partial charge in [0, 0.05) is 44.6 Å². The predicted octanol–water partition coefficient (Wildman–Crippen LogP) is 4.32. The first-order valence-corrected chi connectivity index (χ1v) is 10.2. The number of carbonyl (C=O) groups is 3. The maximum absolute atomic E-state index is 12.8. The largest absolute Gasteiger partial charge is 0.351 e. The Labute approximate surface area is 178 Å². The van der Waals surface area contributed by atoms with Gasteiger partial charge in [-0.1, -0.05) is 49.5 Å². The van der Waals surface area contributed by atoms with Crippen molar-refractivity contribution in [2.45, 2.75) is 18.8 Å². The van der Waals surface area contributed by atoms with Crippen LogP contribution in [-0.4, -0.2) is 29.0 Å². The van der Waals surface area contributed by atoms with Crippen LogP contribution < -0.4 is 5.32 Å². The Morgan fingerprint density at radius 2 is 2.04 bits per heavy atom. The molecule has 0 aliphatic heterocycles. The van der Waals surface area contributed by atoms with Gasteiger partial charge in [-0.05, 0) is 30.7 Å². The van der Waals surface area contributed by atoms with Gasteiger partial charge in [0.2, 0.25) is 0 Å².